The number of benzene rings is 1. The first-order valence-corrected chi connectivity index (χ1v) is 7.70. The van der Waals surface area contributed by atoms with Gasteiger partial charge in [0.05, 0.1) is 14.2 Å². The van der Waals surface area contributed by atoms with Gasteiger partial charge in [-0.15, -0.1) is 0 Å². The molecule has 1 aliphatic rings. The molecule has 2 rings (SSSR count). The lowest BCUT2D eigenvalue weighted by Gasteiger charge is -2.13. The zero-order valence-electron chi connectivity index (χ0n) is 13.7. The number of amides is 1. The van der Waals surface area contributed by atoms with E-state index >= 15 is 0 Å². The van der Waals surface area contributed by atoms with Crippen LogP contribution in [0, 0.1) is 5.92 Å². The summed E-state index contributed by atoms with van der Waals surface area (Å²) in [6.07, 6.45) is 1.25. The highest BCUT2D eigenvalue weighted by atomic mass is 16.5. The average Bonchev–Trinajstić information content (AvgIpc) is 3.32. The molecule has 3 atom stereocenters. The zero-order chi connectivity index (χ0) is 17.0. The van der Waals surface area contributed by atoms with Gasteiger partial charge in [0.1, 0.15) is 11.5 Å². The number of carboxylic acids is 1. The van der Waals surface area contributed by atoms with Crippen molar-refractivity contribution in [2.75, 3.05) is 14.2 Å². The summed E-state index contributed by atoms with van der Waals surface area (Å²) in [5.41, 5.74) is 0.977. The van der Waals surface area contributed by atoms with Gasteiger partial charge in [-0.25, -0.2) is 0 Å². The van der Waals surface area contributed by atoms with Crippen molar-refractivity contribution >= 4 is 11.9 Å². The van der Waals surface area contributed by atoms with Crippen LogP contribution in [0.3, 0.4) is 0 Å². The molecule has 0 radical (unpaired) electrons. The highest BCUT2D eigenvalue weighted by molar-refractivity contribution is 5.83. The van der Waals surface area contributed by atoms with E-state index in [1.54, 1.807) is 14.2 Å². The van der Waals surface area contributed by atoms with Crippen molar-refractivity contribution in [3.8, 4) is 11.5 Å². The lowest BCUT2D eigenvalue weighted by Crippen LogP contribution is -2.34. The van der Waals surface area contributed by atoms with Gasteiger partial charge in [0.2, 0.25) is 5.91 Å². The van der Waals surface area contributed by atoms with Crippen molar-refractivity contribution in [3.05, 3.63) is 23.8 Å². The van der Waals surface area contributed by atoms with Gasteiger partial charge >= 0.3 is 5.97 Å². The van der Waals surface area contributed by atoms with Gasteiger partial charge in [0.15, 0.2) is 0 Å². The monoisotopic (exact) mass is 321 g/mol. The SMILES string of the molecule is COc1ccc(OC)c(C2CC2C(=O)NC(C)CCC(=O)O)c1. The Balaban J connectivity index is 1.96. The van der Waals surface area contributed by atoms with E-state index in [1.807, 2.05) is 25.1 Å². The molecule has 126 valence electrons. The van der Waals surface area contributed by atoms with Gasteiger partial charge in [-0.05, 0) is 38.0 Å². The van der Waals surface area contributed by atoms with Gasteiger partial charge in [-0.2, -0.15) is 0 Å². The van der Waals surface area contributed by atoms with Gasteiger partial charge in [-0.3, -0.25) is 9.59 Å². The second-order valence-corrected chi connectivity index (χ2v) is 5.90. The van der Waals surface area contributed by atoms with Gasteiger partial charge in [-0.1, -0.05) is 0 Å². The Kier molecular flexibility index (Phi) is 5.47. The molecule has 1 amide bonds. The highest BCUT2D eigenvalue weighted by Crippen LogP contribution is 2.51. The fourth-order valence-corrected chi connectivity index (χ4v) is 2.72. The first-order chi connectivity index (χ1) is 11.0. The van der Waals surface area contributed by atoms with Crippen LogP contribution in [0.2, 0.25) is 0 Å². The lowest BCUT2D eigenvalue weighted by atomic mass is 10.1. The molecule has 0 heterocycles. The Hall–Kier alpha value is -2.24. The second-order valence-electron chi connectivity index (χ2n) is 5.90. The van der Waals surface area contributed by atoms with E-state index < -0.39 is 5.97 Å². The Morgan fingerprint density at radius 3 is 2.70 bits per heavy atom. The summed E-state index contributed by atoms with van der Waals surface area (Å²) in [7, 11) is 3.21. The first-order valence-electron chi connectivity index (χ1n) is 7.70. The summed E-state index contributed by atoms with van der Waals surface area (Å²) in [6, 6.07) is 5.43. The fourth-order valence-electron chi connectivity index (χ4n) is 2.72. The minimum absolute atomic E-state index is 0.0299. The molecule has 23 heavy (non-hydrogen) atoms. The number of carboxylic acid groups (broad SMARTS) is 1. The molecule has 0 saturated heterocycles. The highest BCUT2D eigenvalue weighted by Gasteiger charge is 2.45. The number of carbonyl (C=O) groups excluding carboxylic acids is 1. The number of rotatable bonds is 8. The fraction of sp³-hybridized carbons (Fsp3) is 0.529. The predicted octanol–water partition coefficient (Wildman–Crippen LogP) is 2.18. The van der Waals surface area contributed by atoms with Crippen LogP contribution in [0.4, 0.5) is 0 Å². The van der Waals surface area contributed by atoms with Crippen LogP contribution in [0.25, 0.3) is 0 Å². The van der Waals surface area contributed by atoms with E-state index in [0.717, 1.165) is 23.5 Å². The summed E-state index contributed by atoms with van der Waals surface area (Å²) in [4.78, 5) is 22.8. The maximum atomic E-state index is 12.3. The average molecular weight is 321 g/mol. The third kappa shape index (κ3) is 4.37. The quantitative estimate of drug-likeness (QED) is 0.766. The summed E-state index contributed by atoms with van der Waals surface area (Å²) >= 11 is 0. The lowest BCUT2D eigenvalue weighted by molar-refractivity contribution is -0.137. The van der Waals surface area contributed by atoms with Crippen molar-refractivity contribution < 1.29 is 24.2 Å². The number of aliphatic carboxylic acids is 1. The number of hydrogen-bond donors (Lipinski definition) is 2. The van der Waals surface area contributed by atoms with E-state index in [4.69, 9.17) is 14.6 Å². The minimum atomic E-state index is -0.850. The molecular weight excluding hydrogens is 298 g/mol. The third-order valence-corrected chi connectivity index (χ3v) is 4.14. The Morgan fingerprint density at radius 2 is 2.09 bits per heavy atom. The van der Waals surface area contributed by atoms with Crippen molar-refractivity contribution in [2.45, 2.75) is 38.1 Å². The van der Waals surface area contributed by atoms with Gasteiger partial charge < -0.3 is 19.9 Å². The number of nitrogens with one attached hydrogen (secondary N) is 1. The topological polar surface area (TPSA) is 84.9 Å². The molecule has 0 aliphatic heterocycles. The van der Waals surface area contributed by atoms with E-state index in [-0.39, 0.29) is 30.2 Å². The number of carbonyl (C=O) groups is 2. The van der Waals surface area contributed by atoms with Crippen LogP contribution in [0.5, 0.6) is 11.5 Å². The summed E-state index contributed by atoms with van der Waals surface area (Å²) in [5.74, 6) is 0.635. The molecule has 1 aromatic rings. The van der Waals surface area contributed by atoms with E-state index in [2.05, 4.69) is 5.32 Å². The van der Waals surface area contributed by atoms with Crippen LogP contribution in [0.1, 0.15) is 37.7 Å². The zero-order valence-corrected chi connectivity index (χ0v) is 13.7. The molecule has 2 N–H and O–H groups in total. The molecule has 1 aromatic carbocycles. The summed E-state index contributed by atoms with van der Waals surface area (Å²) in [5, 5.41) is 11.6. The van der Waals surface area contributed by atoms with Crippen molar-refractivity contribution in [3.63, 3.8) is 0 Å². The van der Waals surface area contributed by atoms with E-state index in [0.29, 0.717) is 6.42 Å². The van der Waals surface area contributed by atoms with Gasteiger partial charge in [0, 0.05) is 29.9 Å². The van der Waals surface area contributed by atoms with Crippen LogP contribution in [-0.4, -0.2) is 37.2 Å². The largest absolute Gasteiger partial charge is 0.497 e. The maximum Gasteiger partial charge on any atom is 0.303 e. The number of methoxy groups -OCH3 is 2. The van der Waals surface area contributed by atoms with Crippen LogP contribution < -0.4 is 14.8 Å². The predicted molar refractivity (Wildman–Crippen MR) is 84.9 cm³/mol. The van der Waals surface area contributed by atoms with E-state index in [1.165, 1.54) is 0 Å². The molecule has 0 bridgehead atoms. The summed E-state index contributed by atoms with van der Waals surface area (Å²) in [6.45, 7) is 1.82. The Labute approximate surface area is 135 Å². The maximum absolute atomic E-state index is 12.3. The standard InChI is InChI=1S/C17H23NO5/c1-10(4-7-16(19)20)18-17(21)14-9-12(14)13-8-11(22-2)5-6-15(13)23-3/h5-6,8,10,12,14H,4,7,9H2,1-3H3,(H,18,21)(H,19,20). The van der Waals surface area contributed by atoms with Crippen LogP contribution in [0.15, 0.2) is 18.2 Å². The molecule has 0 spiro atoms. The minimum Gasteiger partial charge on any atom is -0.497 e. The third-order valence-electron chi connectivity index (χ3n) is 4.14. The molecule has 0 aromatic heterocycles. The normalized spacial score (nSPS) is 20.5. The van der Waals surface area contributed by atoms with Crippen molar-refractivity contribution in [2.24, 2.45) is 5.92 Å². The first kappa shape index (κ1) is 17.1. The number of hydrogen-bond acceptors (Lipinski definition) is 4. The Bertz CT molecular complexity index is 586. The van der Waals surface area contributed by atoms with E-state index in [9.17, 15) is 9.59 Å². The van der Waals surface area contributed by atoms with Crippen molar-refractivity contribution in [1.29, 1.82) is 0 Å². The van der Waals surface area contributed by atoms with Gasteiger partial charge in [0.25, 0.3) is 0 Å². The summed E-state index contributed by atoms with van der Waals surface area (Å²) < 4.78 is 10.6. The molecule has 6 heteroatoms. The molecule has 6 nitrogen and oxygen atoms in total. The molecule has 1 saturated carbocycles. The Morgan fingerprint density at radius 1 is 1.35 bits per heavy atom. The smallest absolute Gasteiger partial charge is 0.303 e. The van der Waals surface area contributed by atoms with Crippen molar-refractivity contribution in [1.82, 2.24) is 5.32 Å². The molecule has 1 aliphatic carbocycles. The molecule has 3 unspecified atom stereocenters. The molecule has 1 fully saturated rings. The van der Waals surface area contributed by atoms with Crippen LogP contribution >= 0.6 is 0 Å². The molecular formula is C17H23NO5. The number of ether oxygens (including phenoxy) is 2. The second kappa shape index (κ2) is 7.35. The van der Waals surface area contributed by atoms with Crippen LogP contribution in [-0.2, 0) is 9.59 Å².